The summed E-state index contributed by atoms with van der Waals surface area (Å²) in [5.74, 6) is 0. The first-order valence-electron chi connectivity index (χ1n) is 9.78. The van der Waals surface area contributed by atoms with Gasteiger partial charge in [0.15, 0.2) is 0 Å². The van der Waals surface area contributed by atoms with Gasteiger partial charge in [0, 0.05) is 45.4 Å². The van der Waals surface area contributed by atoms with Crippen molar-refractivity contribution in [1.82, 2.24) is 24.9 Å². The molecule has 8 bridgehead atoms. The number of fused-ring (bicyclic) bond motifs is 8. The predicted molar refractivity (Wildman–Crippen MR) is 122 cm³/mol. The quantitative estimate of drug-likeness (QED) is 0.320. The molecule has 0 amide bonds. The second-order valence-corrected chi connectivity index (χ2v) is 7.30. The van der Waals surface area contributed by atoms with Gasteiger partial charge in [-0.3, -0.25) is 4.98 Å². The molecule has 2 aliphatic rings. The van der Waals surface area contributed by atoms with E-state index in [4.69, 9.17) is 9.97 Å². The zero-order chi connectivity index (χ0) is 19.9. The van der Waals surface area contributed by atoms with Gasteiger partial charge in [-0.05, 0) is 78.9 Å². The zero-order valence-corrected chi connectivity index (χ0v) is 17.6. The SMILES string of the molecule is C1=Cc2cc3cc(-c4ccccn4)c(cc4nc(cc5ccc(cc1n2)[nH]5)C=C4)[nH]3.[Mn]. The normalized spacial score (nSPS) is 12.0. The number of aromatic nitrogens is 5. The number of H-pyrrole nitrogens is 2. The summed E-state index contributed by atoms with van der Waals surface area (Å²) in [6, 6.07) is 20.3. The Morgan fingerprint density at radius 1 is 0.581 bits per heavy atom. The zero-order valence-electron chi connectivity index (χ0n) is 16.4. The van der Waals surface area contributed by atoms with Crippen LogP contribution in [0.4, 0.5) is 0 Å². The molecule has 0 aliphatic carbocycles. The van der Waals surface area contributed by atoms with E-state index in [0.717, 1.165) is 56.1 Å². The summed E-state index contributed by atoms with van der Waals surface area (Å²) >= 11 is 0. The van der Waals surface area contributed by atoms with Crippen molar-refractivity contribution in [1.29, 1.82) is 0 Å². The Morgan fingerprint density at radius 3 is 1.81 bits per heavy atom. The molecule has 4 aromatic heterocycles. The summed E-state index contributed by atoms with van der Waals surface area (Å²) in [5.41, 5.74) is 9.53. The molecule has 0 unspecified atom stereocenters. The van der Waals surface area contributed by atoms with Gasteiger partial charge in [-0.2, -0.15) is 0 Å². The maximum absolute atomic E-state index is 4.75. The van der Waals surface area contributed by atoms with Crippen LogP contribution < -0.4 is 0 Å². The van der Waals surface area contributed by atoms with Crippen LogP contribution in [0.25, 0.3) is 57.6 Å². The van der Waals surface area contributed by atoms with Crippen molar-refractivity contribution in [2.45, 2.75) is 0 Å². The van der Waals surface area contributed by atoms with Gasteiger partial charge < -0.3 is 9.97 Å². The number of hydrogen-bond donors (Lipinski definition) is 2. The molecule has 5 nitrogen and oxygen atoms in total. The topological polar surface area (TPSA) is 70.2 Å². The van der Waals surface area contributed by atoms with Crippen molar-refractivity contribution in [2.75, 3.05) is 0 Å². The van der Waals surface area contributed by atoms with Crippen molar-refractivity contribution in [3.05, 3.63) is 89.6 Å². The van der Waals surface area contributed by atoms with Crippen molar-refractivity contribution in [3.8, 4) is 11.3 Å². The molecular weight excluding hydrogens is 425 g/mol. The van der Waals surface area contributed by atoms with E-state index >= 15 is 0 Å². The molecule has 0 saturated heterocycles. The first-order chi connectivity index (χ1) is 14.8. The number of hydrogen-bond acceptors (Lipinski definition) is 3. The molecule has 4 aromatic rings. The van der Waals surface area contributed by atoms with E-state index in [-0.39, 0.29) is 17.1 Å². The number of rotatable bonds is 1. The Kier molecular flexibility index (Phi) is 4.86. The van der Waals surface area contributed by atoms with E-state index in [2.05, 4.69) is 27.1 Å². The van der Waals surface area contributed by atoms with Crippen molar-refractivity contribution in [3.63, 3.8) is 0 Å². The molecule has 2 N–H and O–H groups in total. The van der Waals surface area contributed by atoms with Gasteiger partial charge in [0.25, 0.3) is 0 Å². The van der Waals surface area contributed by atoms with Gasteiger partial charge in [0.1, 0.15) is 0 Å². The monoisotopic (exact) mass is 442 g/mol. The summed E-state index contributed by atoms with van der Waals surface area (Å²) in [4.78, 5) is 20.9. The average molecular weight is 442 g/mol. The van der Waals surface area contributed by atoms with E-state index in [1.807, 2.05) is 79.0 Å². The number of aromatic amines is 2. The van der Waals surface area contributed by atoms with Gasteiger partial charge in [0.05, 0.1) is 34.0 Å². The van der Waals surface area contributed by atoms with E-state index in [0.29, 0.717) is 0 Å². The smallest absolute Gasteiger partial charge is 0.0723 e. The molecule has 0 atom stereocenters. The van der Waals surface area contributed by atoms with Crippen LogP contribution in [0, 0.1) is 0 Å². The summed E-state index contributed by atoms with van der Waals surface area (Å²) in [6.45, 7) is 0. The predicted octanol–water partition coefficient (Wildman–Crippen LogP) is 5.72. The fourth-order valence-corrected chi connectivity index (χ4v) is 3.75. The molecule has 1 radical (unpaired) electrons. The fraction of sp³-hybridized carbons (Fsp3) is 0. The number of pyridine rings is 1. The summed E-state index contributed by atoms with van der Waals surface area (Å²) in [7, 11) is 0. The molecular formula is C25H17MnN5. The van der Waals surface area contributed by atoms with Gasteiger partial charge >= 0.3 is 0 Å². The van der Waals surface area contributed by atoms with E-state index in [1.165, 1.54) is 0 Å². The van der Waals surface area contributed by atoms with Crippen molar-refractivity contribution >= 4 is 46.4 Å². The van der Waals surface area contributed by atoms with E-state index in [1.54, 1.807) is 0 Å². The van der Waals surface area contributed by atoms with Crippen LogP contribution in [0.15, 0.2) is 66.9 Å². The Labute approximate surface area is 189 Å². The molecule has 6 heteroatoms. The van der Waals surface area contributed by atoms with Crippen LogP contribution in [0.1, 0.15) is 22.8 Å². The Balaban J connectivity index is 0.00000204. The Hall–Kier alpha value is -3.73. The Morgan fingerprint density at radius 2 is 1.19 bits per heavy atom. The van der Waals surface area contributed by atoms with Gasteiger partial charge in [-0.1, -0.05) is 6.07 Å². The van der Waals surface area contributed by atoms with Crippen LogP contribution in [-0.4, -0.2) is 24.9 Å². The first-order valence-corrected chi connectivity index (χ1v) is 9.78. The molecule has 0 aromatic carbocycles. The minimum atomic E-state index is 0. The fourth-order valence-electron chi connectivity index (χ4n) is 3.75. The second kappa shape index (κ2) is 7.84. The van der Waals surface area contributed by atoms with Crippen LogP contribution >= 0.6 is 0 Å². The third-order valence-corrected chi connectivity index (χ3v) is 5.11. The van der Waals surface area contributed by atoms with Gasteiger partial charge in [0.2, 0.25) is 0 Å². The average Bonchev–Trinajstić information content (AvgIpc) is 3.53. The molecule has 0 spiro atoms. The van der Waals surface area contributed by atoms with Crippen LogP contribution in [0.5, 0.6) is 0 Å². The second-order valence-electron chi connectivity index (χ2n) is 7.30. The molecule has 0 saturated carbocycles. The molecule has 6 rings (SSSR count). The molecule has 6 heterocycles. The van der Waals surface area contributed by atoms with Gasteiger partial charge in [-0.25, -0.2) is 9.97 Å². The largest absolute Gasteiger partial charge is 0.355 e. The third kappa shape index (κ3) is 3.87. The van der Waals surface area contributed by atoms with Crippen LogP contribution in [-0.2, 0) is 17.1 Å². The molecule has 2 aliphatic heterocycles. The molecule has 31 heavy (non-hydrogen) atoms. The minimum absolute atomic E-state index is 0. The number of nitrogens with zero attached hydrogens (tertiary/aromatic N) is 3. The molecule has 0 fully saturated rings. The number of nitrogens with one attached hydrogen (secondary N) is 2. The first kappa shape index (κ1) is 19.2. The van der Waals surface area contributed by atoms with Gasteiger partial charge in [-0.15, -0.1) is 0 Å². The van der Waals surface area contributed by atoms with Crippen LogP contribution in [0.2, 0.25) is 0 Å². The van der Waals surface area contributed by atoms with Crippen molar-refractivity contribution < 1.29 is 17.1 Å². The maximum atomic E-state index is 4.75. The summed E-state index contributed by atoms with van der Waals surface area (Å²) in [5, 5.41) is 0. The van der Waals surface area contributed by atoms with Crippen LogP contribution in [0.3, 0.4) is 0 Å². The summed E-state index contributed by atoms with van der Waals surface area (Å²) < 4.78 is 0. The maximum Gasteiger partial charge on any atom is 0.0723 e. The summed E-state index contributed by atoms with van der Waals surface area (Å²) in [6.07, 6.45) is 9.90. The minimum Gasteiger partial charge on any atom is -0.355 e. The van der Waals surface area contributed by atoms with E-state index < -0.39 is 0 Å². The third-order valence-electron chi connectivity index (χ3n) is 5.11. The Bertz CT molecular complexity index is 1490. The standard InChI is InChI=1S/C25H17N5.Mn/c1-2-10-26-24(3-1)23-14-22-13-20-7-6-18(28-20)11-16-4-5-17(27-16)12-19-8-9-21(29-19)15-25(23)30-22;/h1-15,27,30H;. The van der Waals surface area contributed by atoms with Crippen molar-refractivity contribution in [2.24, 2.45) is 0 Å². The van der Waals surface area contributed by atoms with E-state index in [9.17, 15) is 0 Å². The molecule has 149 valence electrons.